The summed E-state index contributed by atoms with van der Waals surface area (Å²) in [5.41, 5.74) is 0.318. The summed E-state index contributed by atoms with van der Waals surface area (Å²) >= 11 is 0. The average Bonchev–Trinajstić information content (AvgIpc) is 3.01. The van der Waals surface area contributed by atoms with E-state index in [0.29, 0.717) is 31.2 Å². The van der Waals surface area contributed by atoms with Crippen molar-refractivity contribution < 1.29 is 19.0 Å². The van der Waals surface area contributed by atoms with Crippen LogP contribution in [-0.2, 0) is 20.9 Å². The third-order valence-electron chi connectivity index (χ3n) is 3.45. The third-order valence-corrected chi connectivity index (χ3v) is 3.45. The molecule has 1 N–H and O–H groups in total. The molecule has 0 aliphatic carbocycles. The van der Waals surface area contributed by atoms with Gasteiger partial charge in [-0.2, -0.15) is 0 Å². The van der Waals surface area contributed by atoms with Crippen molar-refractivity contribution in [3.63, 3.8) is 0 Å². The second-order valence-corrected chi connectivity index (χ2v) is 5.83. The predicted molar refractivity (Wildman–Crippen MR) is 80.8 cm³/mol. The molecule has 1 saturated heterocycles. The topological polar surface area (TPSA) is 77.6 Å². The summed E-state index contributed by atoms with van der Waals surface area (Å²) in [5.74, 6) is 0.432. The number of rotatable bonds is 7. The van der Waals surface area contributed by atoms with Crippen LogP contribution in [0.5, 0.6) is 5.75 Å². The smallest absolute Gasteiger partial charge is 0.335 e. The van der Waals surface area contributed by atoms with Crippen molar-refractivity contribution in [3.8, 4) is 5.75 Å². The summed E-state index contributed by atoms with van der Waals surface area (Å²) in [5, 5.41) is 0. The molecule has 0 bridgehead atoms. The van der Waals surface area contributed by atoms with Gasteiger partial charge in [-0.1, -0.05) is 13.8 Å². The first-order valence-corrected chi connectivity index (χ1v) is 7.69. The van der Waals surface area contributed by atoms with E-state index in [1.165, 1.54) is 12.3 Å². The fourth-order valence-electron chi connectivity index (χ4n) is 2.11. The molecule has 1 aromatic rings. The molecule has 22 heavy (non-hydrogen) atoms. The molecule has 1 unspecified atom stereocenters. The zero-order chi connectivity index (χ0) is 15.9. The van der Waals surface area contributed by atoms with E-state index in [1.54, 1.807) is 0 Å². The highest BCUT2D eigenvalue weighted by Crippen LogP contribution is 2.14. The monoisotopic (exact) mass is 309 g/mol. The van der Waals surface area contributed by atoms with Gasteiger partial charge in [0.1, 0.15) is 6.61 Å². The summed E-state index contributed by atoms with van der Waals surface area (Å²) in [6, 6.07) is 1.40. The maximum atomic E-state index is 11.9. The molecule has 0 radical (unpaired) electrons. The molecule has 2 rings (SSSR count). The van der Waals surface area contributed by atoms with Crippen molar-refractivity contribution >= 4 is 5.97 Å². The standard InChI is InChI=1S/C16H23NO5/c1-11(2)5-7-21-15-9-17-12(8-13(15)18)10-22-16(19)14-4-3-6-20-14/h8-9,11,14H,3-7,10H2,1-2H3,(H,17,18). The Balaban J connectivity index is 1.83. The van der Waals surface area contributed by atoms with E-state index in [4.69, 9.17) is 14.2 Å². The Morgan fingerprint density at radius 2 is 2.32 bits per heavy atom. The summed E-state index contributed by atoms with van der Waals surface area (Å²) in [7, 11) is 0. The van der Waals surface area contributed by atoms with E-state index >= 15 is 0 Å². The number of aromatic amines is 1. The lowest BCUT2D eigenvalue weighted by Crippen LogP contribution is -2.22. The summed E-state index contributed by atoms with van der Waals surface area (Å²) in [6.45, 7) is 5.32. The van der Waals surface area contributed by atoms with Crippen LogP contribution < -0.4 is 10.2 Å². The molecule has 2 heterocycles. The van der Waals surface area contributed by atoms with Crippen LogP contribution in [0.25, 0.3) is 0 Å². The van der Waals surface area contributed by atoms with Crippen LogP contribution >= 0.6 is 0 Å². The Morgan fingerprint density at radius 3 is 2.95 bits per heavy atom. The second-order valence-electron chi connectivity index (χ2n) is 5.83. The molecule has 0 aromatic carbocycles. The molecule has 1 aliphatic rings. The number of H-pyrrole nitrogens is 1. The van der Waals surface area contributed by atoms with Crippen LogP contribution in [0.15, 0.2) is 17.1 Å². The summed E-state index contributed by atoms with van der Waals surface area (Å²) in [6.07, 6.45) is 3.50. The molecule has 1 fully saturated rings. The fourth-order valence-corrected chi connectivity index (χ4v) is 2.11. The van der Waals surface area contributed by atoms with E-state index in [9.17, 15) is 9.59 Å². The number of hydrogen-bond acceptors (Lipinski definition) is 5. The van der Waals surface area contributed by atoms with Crippen molar-refractivity contribution in [1.29, 1.82) is 0 Å². The third kappa shape index (κ3) is 4.87. The van der Waals surface area contributed by atoms with Crippen LogP contribution in [-0.4, -0.2) is 30.3 Å². The first kappa shape index (κ1) is 16.5. The molecular formula is C16H23NO5. The van der Waals surface area contributed by atoms with Gasteiger partial charge in [-0.3, -0.25) is 4.79 Å². The van der Waals surface area contributed by atoms with Gasteiger partial charge in [0.2, 0.25) is 5.43 Å². The number of hydrogen-bond donors (Lipinski definition) is 1. The molecule has 122 valence electrons. The highest BCUT2D eigenvalue weighted by atomic mass is 16.6. The molecule has 0 spiro atoms. The minimum absolute atomic E-state index is 0.0280. The second kappa shape index (κ2) is 7.98. The Hall–Kier alpha value is -1.82. The molecule has 6 nitrogen and oxygen atoms in total. The highest BCUT2D eigenvalue weighted by molar-refractivity contribution is 5.74. The van der Waals surface area contributed by atoms with Crippen molar-refractivity contribution in [3.05, 3.63) is 28.2 Å². The number of pyridine rings is 1. The van der Waals surface area contributed by atoms with Gasteiger partial charge in [0.25, 0.3) is 0 Å². The molecule has 6 heteroatoms. The van der Waals surface area contributed by atoms with Gasteiger partial charge >= 0.3 is 5.97 Å². The van der Waals surface area contributed by atoms with E-state index in [-0.39, 0.29) is 23.8 Å². The van der Waals surface area contributed by atoms with Crippen molar-refractivity contribution in [1.82, 2.24) is 4.98 Å². The SMILES string of the molecule is CC(C)CCOc1c[nH]c(COC(=O)C2CCCO2)cc1=O. The molecule has 1 atom stereocenters. The maximum Gasteiger partial charge on any atom is 0.335 e. The van der Waals surface area contributed by atoms with Gasteiger partial charge in [-0.05, 0) is 25.2 Å². The normalized spacial score (nSPS) is 17.7. The van der Waals surface area contributed by atoms with Gasteiger partial charge in [-0.15, -0.1) is 0 Å². The van der Waals surface area contributed by atoms with Gasteiger partial charge in [0, 0.05) is 18.9 Å². The maximum absolute atomic E-state index is 11.9. The molecule has 1 aromatic heterocycles. The first-order valence-electron chi connectivity index (χ1n) is 7.69. The van der Waals surface area contributed by atoms with Crippen molar-refractivity contribution in [2.75, 3.05) is 13.2 Å². The van der Waals surface area contributed by atoms with Crippen LogP contribution in [0.3, 0.4) is 0 Å². The number of ether oxygens (including phenoxy) is 3. The molecule has 0 amide bonds. The Bertz CT molecular complexity index is 546. The molecule has 0 saturated carbocycles. The minimum atomic E-state index is -0.467. The van der Waals surface area contributed by atoms with Crippen molar-refractivity contribution in [2.24, 2.45) is 5.92 Å². The van der Waals surface area contributed by atoms with E-state index < -0.39 is 6.10 Å². The van der Waals surface area contributed by atoms with Gasteiger partial charge in [0.15, 0.2) is 11.9 Å². The Kier molecular flexibility index (Phi) is 6.00. The van der Waals surface area contributed by atoms with Crippen molar-refractivity contribution in [2.45, 2.75) is 45.8 Å². The van der Waals surface area contributed by atoms with Crippen LogP contribution in [0, 0.1) is 5.92 Å². The zero-order valence-electron chi connectivity index (χ0n) is 13.1. The minimum Gasteiger partial charge on any atom is -0.488 e. The lowest BCUT2D eigenvalue weighted by atomic mass is 10.1. The summed E-state index contributed by atoms with van der Waals surface area (Å²) in [4.78, 5) is 26.5. The number of carbonyl (C=O) groups excluding carboxylic acids is 1. The lowest BCUT2D eigenvalue weighted by molar-refractivity contribution is -0.155. The van der Waals surface area contributed by atoms with E-state index in [1.807, 2.05) is 0 Å². The fraction of sp³-hybridized carbons (Fsp3) is 0.625. The van der Waals surface area contributed by atoms with E-state index in [2.05, 4.69) is 18.8 Å². The summed E-state index contributed by atoms with van der Waals surface area (Å²) < 4.78 is 15.8. The molecular weight excluding hydrogens is 286 g/mol. The first-order chi connectivity index (χ1) is 10.6. The number of nitrogens with one attached hydrogen (secondary N) is 1. The largest absolute Gasteiger partial charge is 0.488 e. The number of aromatic nitrogens is 1. The Labute approximate surface area is 129 Å². The average molecular weight is 309 g/mol. The van der Waals surface area contributed by atoms with Crippen LogP contribution in [0.1, 0.15) is 38.8 Å². The van der Waals surface area contributed by atoms with Gasteiger partial charge in [-0.25, -0.2) is 4.79 Å². The van der Waals surface area contributed by atoms with Crippen LogP contribution in [0.4, 0.5) is 0 Å². The van der Waals surface area contributed by atoms with Gasteiger partial charge in [0.05, 0.1) is 12.3 Å². The Morgan fingerprint density at radius 1 is 1.50 bits per heavy atom. The number of carbonyl (C=O) groups is 1. The highest BCUT2D eigenvalue weighted by Gasteiger charge is 2.25. The van der Waals surface area contributed by atoms with Gasteiger partial charge < -0.3 is 19.2 Å². The van der Waals surface area contributed by atoms with Crippen LogP contribution in [0.2, 0.25) is 0 Å². The quantitative estimate of drug-likeness (QED) is 0.780. The van der Waals surface area contributed by atoms with E-state index in [0.717, 1.165) is 12.8 Å². The number of esters is 1. The molecule has 1 aliphatic heterocycles. The lowest BCUT2D eigenvalue weighted by Gasteiger charge is -2.10. The predicted octanol–water partition coefficient (Wildman–Crippen LogP) is 2.02. The zero-order valence-corrected chi connectivity index (χ0v) is 13.1.